The molecule has 2 aromatic rings. The average molecular weight is 301 g/mol. The van der Waals surface area contributed by atoms with Crippen molar-refractivity contribution in [3.05, 3.63) is 46.9 Å². The average Bonchev–Trinajstić information content (AvgIpc) is 2.54. The maximum Gasteiger partial charge on any atom is 0.258 e. The predicted octanol–water partition coefficient (Wildman–Crippen LogP) is 1.46. The molecule has 0 bridgehead atoms. The van der Waals surface area contributed by atoms with Gasteiger partial charge in [0.05, 0.1) is 0 Å². The Morgan fingerprint density at radius 3 is 2.64 bits per heavy atom. The predicted molar refractivity (Wildman–Crippen MR) is 89.0 cm³/mol. The number of pyridine rings is 1. The number of nitrogens with one attached hydrogen (secondary N) is 1. The molecule has 0 saturated carbocycles. The number of amides is 1. The SMILES string of the molecule is CCN(CC)CCNC(=O)Cn1ccc2ccccc2c1=O. The molecular weight excluding hydrogens is 278 g/mol. The van der Waals surface area contributed by atoms with Crippen LogP contribution in [0, 0.1) is 0 Å². The Balaban J connectivity index is 1.97. The van der Waals surface area contributed by atoms with E-state index in [4.69, 9.17) is 0 Å². The molecular formula is C17H23N3O2. The van der Waals surface area contributed by atoms with E-state index in [0.717, 1.165) is 25.0 Å². The quantitative estimate of drug-likeness (QED) is 0.842. The number of hydrogen-bond donors (Lipinski definition) is 1. The van der Waals surface area contributed by atoms with E-state index < -0.39 is 0 Å². The van der Waals surface area contributed by atoms with E-state index in [1.807, 2.05) is 24.3 Å². The van der Waals surface area contributed by atoms with Crippen LogP contribution in [0.1, 0.15) is 13.8 Å². The molecule has 0 aliphatic carbocycles. The summed E-state index contributed by atoms with van der Waals surface area (Å²) in [6.45, 7) is 7.61. The molecule has 22 heavy (non-hydrogen) atoms. The van der Waals surface area contributed by atoms with Crippen LogP contribution in [0.3, 0.4) is 0 Å². The molecule has 5 heteroatoms. The van der Waals surface area contributed by atoms with Gasteiger partial charge < -0.3 is 14.8 Å². The number of benzene rings is 1. The smallest absolute Gasteiger partial charge is 0.258 e. The zero-order valence-corrected chi connectivity index (χ0v) is 13.2. The van der Waals surface area contributed by atoms with Gasteiger partial charge in [0.25, 0.3) is 5.56 Å². The van der Waals surface area contributed by atoms with Crippen LogP contribution in [0.5, 0.6) is 0 Å². The summed E-state index contributed by atoms with van der Waals surface area (Å²) in [5.41, 5.74) is -0.128. The van der Waals surface area contributed by atoms with Crippen LogP contribution in [0.25, 0.3) is 10.8 Å². The van der Waals surface area contributed by atoms with E-state index in [2.05, 4.69) is 24.1 Å². The number of rotatable bonds is 7. The van der Waals surface area contributed by atoms with Gasteiger partial charge in [-0.3, -0.25) is 9.59 Å². The Morgan fingerprint density at radius 2 is 1.91 bits per heavy atom. The normalized spacial score (nSPS) is 11.0. The fraction of sp³-hybridized carbons (Fsp3) is 0.412. The van der Waals surface area contributed by atoms with Crippen molar-refractivity contribution < 1.29 is 4.79 Å². The van der Waals surface area contributed by atoms with Gasteiger partial charge in [-0.15, -0.1) is 0 Å². The molecule has 0 fully saturated rings. The first kappa shape index (κ1) is 16.2. The first-order chi connectivity index (χ1) is 10.7. The third-order valence-electron chi connectivity index (χ3n) is 3.84. The highest BCUT2D eigenvalue weighted by Crippen LogP contribution is 2.07. The summed E-state index contributed by atoms with van der Waals surface area (Å²) in [6.07, 6.45) is 1.68. The molecule has 118 valence electrons. The number of carbonyl (C=O) groups is 1. The van der Waals surface area contributed by atoms with Crippen molar-refractivity contribution in [1.82, 2.24) is 14.8 Å². The molecule has 1 heterocycles. The number of likely N-dealkylation sites (N-methyl/N-ethyl adjacent to an activating group) is 1. The largest absolute Gasteiger partial charge is 0.353 e. The number of hydrogen-bond acceptors (Lipinski definition) is 3. The monoisotopic (exact) mass is 301 g/mol. The minimum absolute atomic E-state index is 0.0575. The molecule has 1 amide bonds. The van der Waals surface area contributed by atoms with Crippen molar-refractivity contribution >= 4 is 16.7 Å². The molecule has 0 aliphatic heterocycles. The third kappa shape index (κ3) is 3.95. The van der Waals surface area contributed by atoms with Crippen LogP contribution in [-0.2, 0) is 11.3 Å². The molecule has 1 aromatic heterocycles. The molecule has 2 rings (SSSR count). The summed E-state index contributed by atoms with van der Waals surface area (Å²) < 4.78 is 1.45. The summed E-state index contributed by atoms with van der Waals surface area (Å²) in [7, 11) is 0. The van der Waals surface area contributed by atoms with Gasteiger partial charge in [0, 0.05) is 24.7 Å². The van der Waals surface area contributed by atoms with Crippen LogP contribution in [-0.4, -0.2) is 41.6 Å². The topological polar surface area (TPSA) is 54.3 Å². The fourth-order valence-electron chi connectivity index (χ4n) is 2.46. The number of fused-ring (bicyclic) bond motifs is 1. The lowest BCUT2D eigenvalue weighted by atomic mass is 10.2. The lowest BCUT2D eigenvalue weighted by Gasteiger charge is -2.18. The van der Waals surface area contributed by atoms with Crippen molar-refractivity contribution in [1.29, 1.82) is 0 Å². The summed E-state index contributed by atoms with van der Waals surface area (Å²) in [5.74, 6) is -0.135. The minimum atomic E-state index is -0.135. The summed E-state index contributed by atoms with van der Waals surface area (Å²) in [5, 5.41) is 4.40. The second-order valence-corrected chi connectivity index (χ2v) is 5.21. The molecule has 0 radical (unpaired) electrons. The molecule has 1 aromatic carbocycles. The highest BCUT2D eigenvalue weighted by atomic mass is 16.2. The number of nitrogens with zero attached hydrogens (tertiary/aromatic N) is 2. The van der Waals surface area contributed by atoms with Gasteiger partial charge in [0.15, 0.2) is 0 Å². The summed E-state index contributed by atoms with van der Waals surface area (Å²) >= 11 is 0. The van der Waals surface area contributed by atoms with Crippen LogP contribution >= 0.6 is 0 Å². The lowest BCUT2D eigenvalue weighted by Crippen LogP contribution is -2.37. The first-order valence-electron chi connectivity index (χ1n) is 7.73. The van der Waals surface area contributed by atoms with Crippen LogP contribution in [0.15, 0.2) is 41.3 Å². The maximum absolute atomic E-state index is 12.3. The minimum Gasteiger partial charge on any atom is -0.353 e. The Bertz CT molecular complexity index is 690. The second kappa shape index (κ2) is 7.75. The van der Waals surface area contributed by atoms with E-state index in [9.17, 15) is 9.59 Å². The van der Waals surface area contributed by atoms with Crippen molar-refractivity contribution in [2.24, 2.45) is 0 Å². The van der Waals surface area contributed by atoms with Crippen molar-refractivity contribution in [3.63, 3.8) is 0 Å². The van der Waals surface area contributed by atoms with Gasteiger partial charge >= 0.3 is 0 Å². The van der Waals surface area contributed by atoms with Gasteiger partial charge in [-0.2, -0.15) is 0 Å². The number of carbonyl (C=O) groups excluding carboxylic acids is 1. The van der Waals surface area contributed by atoms with E-state index in [1.165, 1.54) is 4.57 Å². The van der Waals surface area contributed by atoms with E-state index in [-0.39, 0.29) is 18.0 Å². The number of aromatic nitrogens is 1. The maximum atomic E-state index is 12.3. The second-order valence-electron chi connectivity index (χ2n) is 5.21. The van der Waals surface area contributed by atoms with Gasteiger partial charge in [0.1, 0.15) is 6.54 Å². The van der Waals surface area contributed by atoms with Crippen LogP contribution in [0.2, 0.25) is 0 Å². The van der Waals surface area contributed by atoms with E-state index in [0.29, 0.717) is 11.9 Å². The summed E-state index contributed by atoms with van der Waals surface area (Å²) in [4.78, 5) is 26.5. The highest BCUT2D eigenvalue weighted by Gasteiger charge is 2.07. The van der Waals surface area contributed by atoms with E-state index >= 15 is 0 Å². The molecule has 1 N–H and O–H groups in total. The molecule has 0 saturated heterocycles. The zero-order chi connectivity index (χ0) is 15.9. The Kier molecular flexibility index (Phi) is 5.72. The van der Waals surface area contributed by atoms with Crippen molar-refractivity contribution in [2.45, 2.75) is 20.4 Å². The fourth-order valence-corrected chi connectivity index (χ4v) is 2.46. The van der Waals surface area contributed by atoms with Gasteiger partial charge in [0.2, 0.25) is 5.91 Å². The Hall–Kier alpha value is -2.14. The standard InChI is InChI=1S/C17H23N3O2/c1-3-19(4-2)12-10-18-16(21)13-20-11-9-14-7-5-6-8-15(14)17(20)22/h5-9,11H,3-4,10,12-13H2,1-2H3,(H,18,21). The molecule has 0 unspecified atom stereocenters. The molecule has 0 spiro atoms. The Labute approximate surface area is 130 Å². The highest BCUT2D eigenvalue weighted by molar-refractivity contribution is 5.82. The summed E-state index contributed by atoms with van der Waals surface area (Å²) in [6, 6.07) is 9.27. The van der Waals surface area contributed by atoms with Gasteiger partial charge in [-0.05, 0) is 30.6 Å². The van der Waals surface area contributed by atoms with Crippen LogP contribution < -0.4 is 10.9 Å². The molecule has 0 atom stereocenters. The zero-order valence-electron chi connectivity index (χ0n) is 13.2. The van der Waals surface area contributed by atoms with Gasteiger partial charge in [-0.1, -0.05) is 32.0 Å². The first-order valence-corrected chi connectivity index (χ1v) is 7.73. The van der Waals surface area contributed by atoms with Crippen LogP contribution in [0.4, 0.5) is 0 Å². The molecule has 0 aliphatic rings. The van der Waals surface area contributed by atoms with E-state index in [1.54, 1.807) is 12.3 Å². The third-order valence-corrected chi connectivity index (χ3v) is 3.84. The van der Waals surface area contributed by atoms with Crippen molar-refractivity contribution in [2.75, 3.05) is 26.2 Å². The lowest BCUT2D eigenvalue weighted by molar-refractivity contribution is -0.121. The Morgan fingerprint density at radius 1 is 1.18 bits per heavy atom. The van der Waals surface area contributed by atoms with Gasteiger partial charge in [-0.25, -0.2) is 0 Å². The molecule has 5 nitrogen and oxygen atoms in total. The van der Waals surface area contributed by atoms with Crippen molar-refractivity contribution in [3.8, 4) is 0 Å².